The molecule has 0 unspecified atom stereocenters. The third-order valence-corrected chi connectivity index (χ3v) is 2.02. The molecule has 0 aromatic heterocycles. The van der Waals surface area contributed by atoms with Crippen molar-refractivity contribution in [2.75, 3.05) is 0 Å². The van der Waals surface area contributed by atoms with Crippen molar-refractivity contribution in [1.82, 2.24) is 0 Å². The van der Waals surface area contributed by atoms with Crippen LogP contribution in [0.15, 0.2) is 23.2 Å². The number of aliphatic imine (C=N–C) groups is 1. The second kappa shape index (κ2) is 4.08. The number of nitrogens with zero attached hydrogens (tertiary/aromatic N) is 1. The highest BCUT2D eigenvalue weighted by molar-refractivity contribution is 5.62. The Hall–Kier alpha value is -1.31. The van der Waals surface area contributed by atoms with Gasteiger partial charge in [-0.15, -0.1) is 0 Å². The fourth-order valence-electron chi connectivity index (χ4n) is 1.33. The first-order chi connectivity index (χ1) is 6.15. The minimum Gasteiger partial charge on any atom is -0.390 e. The highest BCUT2D eigenvalue weighted by Gasteiger charge is 2.04. The van der Waals surface area contributed by atoms with Crippen LogP contribution in [0.5, 0.6) is 0 Å². The van der Waals surface area contributed by atoms with Crippen molar-refractivity contribution in [3.8, 4) is 0 Å². The van der Waals surface area contributed by atoms with Crippen LogP contribution in [0.25, 0.3) is 0 Å². The fraction of sp³-hybridized carbons (Fsp3) is 0.364. The third-order valence-electron chi connectivity index (χ3n) is 2.02. The molecule has 0 spiro atoms. The SMILES string of the molecule is Cc1ccc(N=CN)c(C(C)C)c1. The topological polar surface area (TPSA) is 38.4 Å². The zero-order chi connectivity index (χ0) is 9.84. The molecule has 13 heavy (non-hydrogen) atoms. The molecule has 0 aliphatic carbocycles. The van der Waals surface area contributed by atoms with Gasteiger partial charge in [-0.2, -0.15) is 0 Å². The van der Waals surface area contributed by atoms with Crippen LogP contribution in [0.2, 0.25) is 0 Å². The largest absolute Gasteiger partial charge is 0.390 e. The summed E-state index contributed by atoms with van der Waals surface area (Å²) in [5, 5.41) is 0. The van der Waals surface area contributed by atoms with E-state index in [9.17, 15) is 0 Å². The zero-order valence-corrected chi connectivity index (χ0v) is 8.41. The van der Waals surface area contributed by atoms with Gasteiger partial charge in [-0.05, 0) is 24.5 Å². The van der Waals surface area contributed by atoms with Crippen molar-refractivity contribution in [1.29, 1.82) is 0 Å². The maximum Gasteiger partial charge on any atom is 0.0860 e. The summed E-state index contributed by atoms with van der Waals surface area (Å²) in [6.07, 6.45) is 1.34. The molecule has 70 valence electrons. The van der Waals surface area contributed by atoms with Crippen molar-refractivity contribution in [3.05, 3.63) is 29.3 Å². The van der Waals surface area contributed by atoms with Crippen LogP contribution in [-0.4, -0.2) is 6.34 Å². The average Bonchev–Trinajstić information content (AvgIpc) is 2.08. The van der Waals surface area contributed by atoms with Gasteiger partial charge in [-0.3, -0.25) is 0 Å². The van der Waals surface area contributed by atoms with Crippen LogP contribution in [0.3, 0.4) is 0 Å². The first kappa shape index (κ1) is 9.78. The summed E-state index contributed by atoms with van der Waals surface area (Å²) in [5.41, 5.74) is 8.77. The van der Waals surface area contributed by atoms with E-state index in [0.717, 1.165) is 5.69 Å². The van der Waals surface area contributed by atoms with E-state index in [-0.39, 0.29) is 0 Å². The van der Waals surface area contributed by atoms with Crippen molar-refractivity contribution in [2.24, 2.45) is 10.7 Å². The molecular formula is C11H16N2. The number of aryl methyl sites for hydroxylation is 1. The molecule has 0 atom stereocenters. The summed E-state index contributed by atoms with van der Waals surface area (Å²) in [5.74, 6) is 0.485. The molecule has 0 saturated carbocycles. The number of nitrogens with two attached hydrogens (primary N) is 1. The molecule has 2 nitrogen and oxygen atoms in total. The lowest BCUT2D eigenvalue weighted by atomic mass is 9.99. The van der Waals surface area contributed by atoms with Crippen molar-refractivity contribution < 1.29 is 0 Å². The normalized spacial score (nSPS) is 11.4. The molecule has 1 aromatic carbocycles. The molecular weight excluding hydrogens is 160 g/mol. The lowest BCUT2D eigenvalue weighted by Crippen LogP contribution is -1.92. The number of rotatable bonds is 2. The number of hydrogen-bond acceptors (Lipinski definition) is 1. The van der Waals surface area contributed by atoms with E-state index in [2.05, 4.69) is 31.8 Å². The third kappa shape index (κ3) is 2.31. The van der Waals surface area contributed by atoms with Crippen LogP contribution in [0.1, 0.15) is 30.9 Å². The van der Waals surface area contributed by atoms with Crippen LogP contribution in [-0.2, 0) is 0 Å². The van der Waals surface area contributed by atoms with Gasteiger partial charge in [-0.25, -0.2) is 4.99 Å². The molecule has 0 fully saturated rings. The van der Waals surface area contributed by atoms with E-state index in [1.807, 2.05) is 12.1 Å². The van der Waals surface area contributed by atoms with Gasteiger partial charge >= 0.3 is 0 Å². The lowest BCUT2D eigenvalue weighted by molar-refractivity contribution is 0.865. The number of hydrogen-bond donors (Lipinski definition) is 1. The molecule has 2 heteroatoms. The van der Waals surface area contributed by atoms with Crippen LogP contribution in [0.4, 0.5) is 5.69 Å². The summed E-state index contributed by atoms with van der Waals surface area (Å²) in [7, 11) is 0. The fourth-order valence-corrected chi connectivity index (χ4v) is 1.33. The summed E-state index contributed by atoms with van der Waals surface area (Å²) < 4.78 is 0. The van der Waals surface area contributed by atoms with E-state index < -0.39 is 0 Å². The highest BCUT2D eigenvalue weighted by Crippen LogP contribution is 2.27. The predicted octanol–water partition coefficient (Wildman–Crippen LogP) is 2.74. The van der Waals surface area contributed by atoms with E-state index in [0.29, 0.717) is 5.92 Å². The molecule has 2 N–H and O–H groups in total. The Morgan fingerprint density at radius 1 is 1.38 bits per heavy atom. The van der Waals surface area contributed by atoms with Crippen molar-refractivity contribution in [3.63, 3.8) is 0 Å². The molecule has 0 bridgehead atoms. The Kier molecular flexibility index (Phi) is 3.07. The van der Waals surface area contributed by atoms with Crippen molar-refractivity contribution >= 4 is 12.0 Å². The van der Waals surface area contributed by atoms with Crippen LogP contribution < -0.4 is 5.73 Å². The summed E-state index contributed by atoms with van der Waals surface area (Å²) >= 11 is 0. The summed E-state index contributed by atoms with van der Waals surface area (Å²) in [6.45, 7) is 6.40. The van der Waals surface area contributed by atoms with Crippen LogP contribution in [0, 0.1) is 6.92 Å². The molecule has 0 saturated heterocycles. The lowest BCUT2D eigenvalue weighted by Gasteiger charge is -2.09. The first-order valence-electron chi connectivity index (χ1n) is 4.50. The molecule has 0 aliphatic heterocycles. The van der Waals surface area contributed by atoms with Gasteiger partial charge in [-0.1, -0.05) is 31.5 Å². The maximum atomic E-state index is 5.28. The van der Waals surface area contributed by atoms with Crippen LogP contribution >= 0.6 is 0 Å². The van der Waals surface area contributed by atoms with Crippen molar-refractivity contribution in [2.45, 2.75) is 26.7 Å². The smallest absolute Gasteiger partial charge is 0.0860 e. The highest BCUT2D eigenvalue weighted by atomic mass is 14.8. The molecule has 1 rings (SSSR count). The number of benzene rings is 1. The second-order valence-corrected chi connectivity index (χ2v) is 3.50. The average molecular weight is 176 g/mol. The summed E-state index contributed by atoms with van der Waals surface area (Å²) in [6, 6.07) is 6.22. The molecule has 0 aliphatic rings. The van der Waals surface area contributed by atoms with Gasteiger partial charge in [0.15, 0.2) is 0 Å². The molecule has 0 heterocycles. The van der Waals surface area contributed by atoms with Gasteiger partial charge in [0.2, 0.25) is 0 Å². The Morgan fingerprint density at radius 2 is 2.08 bits per heavy atom. The zero-order valence-electron chi connectivity index (χ0n) is 8.41. The minimum absolute atomic E-state index is 0.485. The van der Waals surface area contributed by atoms with E-state index >= 15 is 0 Å². The molecule has 1 aromatic rings. The summed E-state index contributed by atoms with van der Waals surface area (Å²) in [4.78, 5) is 4.12. The van der Waals surface area contributed by atoms with Gasteiger partial charge in [0.1, 0.15) is 0 Å². The maximum absolute atomic E-state index is 5.28. The molecule has 0 radical (unpaired) electrons. The second-order valence-electron chi connectivity index (χ2n) is 3.50. The Labute approximate surface area is 79.5 Å². The standard InChI is InChI=1S/C11H16N2/c1-8(2)10-6-9(3)4-5-11(10)13-7-12/h4-8H,1-3H3,(H2,12,13). The van der Waals surface area contributed by atoms with Gasteiger partial charge < -0.3 is 5.73 Å². The van der Waals surface area contributed by atoms with Gasteiger partial charge in [0.25, 0.3) is 0 Å². The van der Waals surface area contributed by atoms with E-state index in [4.69, 9.17) is 5.73 Å². The predicted molar refractivity (Wildman–Crippen MR) is 57.6 cm³/mol. The Morgan fingerprint density at radius 3 is 2.62 bits per heavy atom. The van der Waals surface area contributed by atoms with Gasteiger partial charge in [0.05, 0.1) is 12.0 Å². The quantitative estimate of drug-likeness (QED) is 0.546. The Balaban J connectivity index is 3.18. The Bertz CT molecular complexity index is 314. The van der Waals surface area contributed by atoms with E-state index in [1.165, 1.54) is 17.5 Å². The monoisotopic (exact) mass is 176 g/mol. The van der Waals surface area contributed by atoms with Gasteiger partial charge in [0, 0.05) is 0 Å². The minimum atomic E-state index is 0.485. The molecule has 0 amide bonds. The van der Waals surface area contributed by atoms with E-state index in [1.54, 1.807) is 0 Å². The first-order valence-corrected chi connectivity index (χ1v) is 4.50.